The molecule has 4 aliphatic carbocycles. The lowest BCUT2D eigenvalue weighted by Gasteiger charge is -2.42. The van der Waals surface area contributed by atoms with E-state index in [-0.39, 0.29) is 0 Å². The molecule has 0 spiro atoms. The predicted octanol–water partition coefficient (Wildman–Crippen LogP) is 9.87. The summed E-state index contributed by atoms with van der Waals surface area (Å²) in [4.78, 5) is 0. The van der Waals surface area contributed by atoms with Gasteiger partial charge in [0.05, 0.1) is 0 Å². The lowest BCUT2D eigenvalue weighted by molar-refractivity contribution is 0.135. The van der Waals surface area contributed by atoms with Crippen molar-refractivity contribution in [2.75, 3.05) is 0 Å². The number of hydrogen-bond donors (Lipinski definition) is 0. The Morgan fingerprint density at radius 1 is 0.706 bits per heavy atom. The van der Waals surface area contributed by atoms with Crippen LogP contribution in [0.15, 0.2) is 42.5 Å². The first kappa shape index (κ1) is 23.1. The van der Waals surface area contributed by atoms with E-state index >= 15 is 0 Å². The number of fused-ring (bicyclic) bond motifs is 4. The third-order valence-electron chi connectivity index (χ3n) is 11.5. The zero-order valence-electron chi connectivity index (χ0n) is 22.3. The van der Waals surface area contributed by atoms with Crippen LogP contribution in [0, 0.1) is 52.8 Å². The maximum atomic E-state index is 2.63. The Balaban J connectivity index is 1.49. The highest BCUT2D eigenvalue weighted by Crippen LogP contribution is 2.64. The minimum Gasteiger partial charge on any atom is -0.0622 e. The van der Waals surface area contributed by atoms with Gasteiger partial charge in [-0.25, -0.2) is 0 Å². The van der Waals surface area contributed by atoms with E-state index in [1.165, 1.54) is 69.6 Å². The second-order valence-electron chi connectivity index (χ2n) is 14.1. The van der Waals surface area contributed by atoms with E-state index in [0.717, 1.165) is 53.3 Å². The smallest absolute Gasteiger partial charge is 0.00910 e. The first-order chi connectivity index (χ1) is 16.4. The van der Waals surface area contributed by atoms with Gasteiger partial charge in [-0.2, -0.15) is 0 Å². The Kier molecular flexibility index (Phi) is 6.10. The SMILES string of the molecule is CC1CC(C(C)(C)C)CC1[C@@H](c1cccc2ccccc12)C1C2CCCCC2C2CCCCC21. The van der Waals surface area contributed by atoms with Crippen LogP contribution in [-0.4, -0.2) is 0 Å². The van der Waals surface area contributed by atoms with Crippen molar-refractivity contribution in [3.05, 3.63) is 48.0 Å². The summed E-state index contributed by atoms with van der Waals surface area (Å²) < 4.78 is 0. The van der Waals surface area contributed by atoms with Crippen LogP contribution in [0.3, 0.4) is 0 Å². The summed E-state index contributed by atoms with van der Waals surface area (Å²) in [6.07, 6.45) is 15.0. The molecule has 4 fully saturated rings. The van der Waals surface area contributed by atoms with Crippen molar-refractivity contribution in [1.82, 2.24) is 0 Å². The fourth-order valence-corrected chi connectivity index (χ4v) is 10.00. The molecule has 0 nitrogen and oxygen atoms in total. The minimum absolute atomic E-state index is 0.433. The van der Waals surface area contributed by atoms with Gasteiger partial charge in [0.2, 0.25) is 0 Å². The molecule has 0 radical (unpaired) electrons. The van der Waals surface area contributed by atoms with Gasteiger partial charge in [-0.05, 0) is 114 Å². The molecule has 0 N–H and O–H groups in total. The van der Waals surface area contributed by atoms with Crippen molar-refractivity contribution in [3.8, 4) is 0 Å². The highest BCUT2D eigenvalue weighted by Gasteiger charge is 2.56. The van der Waals surface area contributed by atoms with Crippen LogP contribution >= 0.6 is 0 Å². The summed E-state index contributed by atoms with van der Waals surface area (Å²) in [5.74, 6) is 8.31. The average molecular weight is 457 g/mol. The lowest BCUT2D eigenvalue weighted by atomic mass is 9.63. The normalized spacial score (nSPS) is 39.1. The van der Waals surface area contributed by atoms with Gasteiger partial charge in [0.15, 0.2) is 0 Å². The van der Waals surface area contributed by atoms with E-state index in [9.17, 15) is 0 Å². The predicted molar refractivity (Wildman–Crippen MR) is 146 cm³/mol. The van der Waals surface area contributed by atoms with Crippen molar-refractivity contribution < 1.29 is 0 Å². The van der Waals surface area contributed by atoms with Gasteiger partial charge in [-0.3, -0.25) is 0 Å². The number of hydrogen-bond acceptors (Lipinski definition) is 0. The fraction of sp³-hybridized carbons (Fsp3) is 0.706. The van der Waals surface area contributed by atoms with Crippen LogP contribution in [-0.2, 0) is 0 Å². The molecule has 4 saturated carbocycles. The van der Waals surface area contributed by atoms with Gasteiger partial charge in [-0.15, -0.1) is 0 Å². The second-order valence-corrected chi connectivity index (χ2v) is 14.1. The molecule has 0 bridgehead atoms. The van der Waals surface area contributed by atoms with Crippen LogP contribution in [0.5, 0.6) is 0 Å². The molecule has 2 aromatic rings. The molecule has 34 heavy (non-hydrogen) atoms. The molecule has 8 atom stereocenters. The molecule has 0 amide bonds. The highest BCUT2D eigenvalue weighted by atomic mass is 14.6. The van der Waals surface area contributed by atoms with E-state index in [4.69, 9.17) is 0 Å². The standard InChI is InChI=1S/C34H48/c1-22-20-24(34(2,3)4)21-31(22)33(28-19-11-13-23-12-5-6-14-25(23)28)32-29-17-9-7-15-26(29)27-16-8-10-18-30(27)32/h5-6,11-14,19,22,24,26-27,29-33H,7-10,15-18,20-21H2,1-4H3/t22?,24?,26?,27?,29?,30?,31?,32?,33-/m1/s1. The van der Waals surface area contributed by atoms with E-state index in [2.05, 4.69) is 70.2 Å². The summed E-state index contributed by atoms with van der Waals surface area (Å²) in [5.41, 5.74) is 2.16. The van der Waals surface area contributed by atoms with Crippen molar-refractivity contribution >= 4 is 10.8 Å². The average Bonchev–Trinajstić information content (AvgIpc) is 3.39. The first-order valence-electron chi connectivity index (χ1n) is 14.9. The molecule has 0 saturated heterocycles. The molecule has 0 aliphatic heterocycles. The molecule has 184 valence electrons. The quantitative estimate of drug-likeness (QED) is 0.431. The van der Waals surface area contributed by atoms with E-state index < -0.39 is 0 Å². The Morgan fingerprint density at radius 3 is 1.91 bits per heavy atom. The zero-order chi connectivity index (χ0) is 23.4. The maximum absolute atomic E-state index is 2.63. The summed E-state index contributed by atoms with van der Waals surface area (Å²) >= 11 is 0. The Labute approximate surface area is 209 Å². The molecule has 0 aromatic heterocycles. The third-order valence-corrected chi connectivity index (χ3v) is 11.5. The van der Waals surface area contributed by atoms with Gasteiger partial charge in [0, 0.05) is 0 Å². The summed E-state index contributed by atoms with van der Waals surface area (Å²) in [6, 6.07) is 16.6. The summed E-state index contributed by atoms with van der Waals surface area (Å²) in [5, 5.41) is 3.02. The Morgan fingerprint density at radius 2 is 1.29 bits per heavy atom. The first-order valence-corrected chi connectivity index (χ1v) is 14.9. The van der Waals surface area contributed by atoms with Crippen molar-refractivity contribution in [1.29, 1.82) is 0 Å². The van der Waals surface area contributed by atoms with E-state index in [0.29, 0.717) is 5.41 Å². The molecular formula is C34H48. The zero-order valence-corrected chi connectivity index (χ0v) is 22.3. The van der Waals surface area contributed by atoms with Crippen LogP contribution in [0.25, 0.3) is 10.8 Å². The van der Waals surface area contributed by atoms with E-state index in [1.54, 1.807) is 10.9 Å². The van der Waals surface area contributed by atoms with Gasteiger partial charge < -0.3 is 0 Å². The second kappa shape index (κ2) is 8.97. The van der Waals surface area contributed by atoms with Crippen LogP contribution in [0.1, 0.15) is 103 Å². The van der Waals surface area contributed by atoms with Crippen LogP contribution in [0.2, 0.25) is 0 Å². The molecular weight excluding hydrogens is 408 g/mol. The third kappa shape index (κ3) is 3.87. The Hall–Kier alpha value is -1.30. The maximum Gasteiger partial charge on any atom is -0.00910 e. The number of benzene rings is 2. The van der Waals surface area contributed by atoms with Crippen molar-refractivity contribution in [3.63, 3.8) is 0 Å². The summed E-state index contributed by atoms with van der Waals surface area (Å²) in [6.45, 7) is 10.1. The van der Waals surface area contributed by atoms with E-state index in [1.807, 2.05) is 0 Å². The number of rotatable bonds is 3. The monoisotopic (exact) mass is 456 g/mol. The van der Waals surface area contributed by atoms with Gasteiger partial charge in [-0.1, -0.05) is 95.8 Å². The summed E-state index contributed by atoms with van der Waals surface area (Å²) in [7, 11) is 0. The molecule has 6 rings (SSSR count). The largest absolute Gasteiger partial charge is 0.0622 e. The molecule has 2 aromatic carbocycles. The van der Waals surface area contributed by atoms with Crippen LogP contribution in [0.4, 0.5) is 0 Å². The van der Waals surface area contributed by atoms with Gasteiger partial charge in [0.1, 0.15) is 0 Å². The molecule has 0 heterocycles. The van der Waals surface area contributed by atoms with Crippen molar-refractivity contribution in [2.45, 2.75) is 97.8 Å². The lowest BCUT2D eigenvalue weighted by Crippen LogP contribution is -2.33. The van der Waals surface area contributed by atoms with Gasteiger partial charge >= 0.3 is 0 Å². The topological polar surface area (TPSA) is 0 Å². The highest BCUT2D eigenvalue weighted by molar-refractivity contribution is 5.86. The molecule has 7 unspecified atom stereocenters. The van der Waals surface area contributed by atoms with Crippen LogP contribution < -0.4 is 0 Å². The molecule has 0 heteroatoms. The minimum atomic E-state index is 0.433. The Bertz CT molecular complexity index is 967. The van der Waals surface area contributed by atoms with Gasteiger partial charge in [0.25, 0.3) is 0 Å². The fourth-order valence-electron chi connectivity index (χ4n) is 10.00. The molecule has 4 aliphatic rings. The van der Waals surface area contributed by atoms with Crippen molar-refractivity contribution in [2.24, 2.45) is 52.8 Å².